The number of imide groups is 1. The Balaban J connectivity index is 1.40. The highest BCUT2D eigenvalue weighted by molar-refractivity contribution is 6.05. The van der Waals surface area contributed by atoms with Gasteiger partial charge in [-0.15, -0.1) is 0 Å². The number of carbonyl (C=O) groups excluding carboxylic acids is 3. The van der Waals surface area contributed by atoms with E-state index in [1.165, 1.54) is 16.1 Å². The summed E-state index contributed by atoms with van der Waals surface area (Å²) in [7, 11) is 0. The lowest BCUT2D eigenvalue weighted by Crippen LogP contribution is -2.52. The Morgan fingerprint density at radius 3 is 2.69 bits per heavy atom. The van der Waals surface area contributed by atoms with Crippen LogP contribution in [0.5, 0.6) is 5.75 Å². The monoisotopic (exact) mass is 479 g/mol. The maximum absolute atomic E-state index is 12.9. The minimum absolute atomic E-state index is 0.0141. The van der Waals surface area contributed by atoms with Crippen LogP contribution in [0.3, 0.4) is 0 Å². The van der Waals surface area contributed by atoms with Crippen molar-refractivity contribution in [3.8, 4) is 5.75 Å². The number of fused-ring (bicyclic) bond motifs is 1. The third-order valence-corrected chi connectivity index (χ3v) is 6.19. The average Bonchev–Trinajstić information content (AvgIpc) is 3.18. The predicted molar refractivity (Wildman–Crippen MR) is 127 cm³/mol. The van der Waals surface area contributed by atoms with Crippen LogP contribution in [0.4, 0.5) is 0 Å². The standard InChI is InChI=1S/C25H29N5O5/c26-17(12-30(27)18(14-31)11-16-5-2-1-3-6-16)15-35-22-8-4-7-19-20(22)13-29(25(19)34)21-9-10-23(32)28-24(21)33/h1-8,12,18,21,31H,9-11,13-15,26-27H2,(H,28,32,33)/b17-12-/t18-,21?/m1/s1. The first-order valence-electron chi connectivity index (χ1n) is 11.4. The molecule has 10 heteroatoms. The van der Waals surface area contributed by atoms with Crippen LogP contribution in [0.15, 0.2) is 60.4 Å². The van der Waals surface area contributed by atoms with Crippen molar-refractivity contribution in [2.24, 2.45) is 11.6 Å². The van der Waals surface area contributed by atoms with Crippen LogP contribution >= 0.6 is 0 Å². The Bertz CT molecular complexity index is 1140. The van der Waals surface area contributed by atoms with E-state index < -0.39 is 11.9 Å². The number of hydrazine groups is 1. The molecule has 2 heterocycles. The largest absolute Gasteiger partial charge is 0.487 e. The number of benzene rings is 2. The van der Waals surface area contributed by atoms with Gasteiger partial charge in [-0.05, 0) is 30.5 Å². The number of nitrogens with one attached hydrogen (secondary N) is 1. The number of piperidine rings is 1. The van der Waals surface area contributed by atoms with E-state index >= 15 is 0 Å². The first kappa shape index (κ1) is 24.2. The molecule has 0 saturated carbocycles. The number of nitrogens with zero attached hydrogens (tertiary/aromatic N) is 2. The zero-order valence-corrected chi connectivity index (χ0v) is 19.2. The summed E-state index contributed by atoms with van der Waals surface area (Å²) in [6, 6.07) is 13.8. The lowest BCUT2D eigenvalue weighted by Gasteiger charge is -2.29. The Kier molecular flexibility index (Phi) is 7.33. The first-order chi connectivity index (χ1) is 16.9. The van der Waals surface area contributed by atoms with Gasteiger partial charge in [0, 0.05) is 23.7 Å². The zero-order valence-electron chi connectivity index (χ0n) is 19.2. The van der Waals surface area contributed by atoms with E-state index in [1.807, 2.05) is 30.3 Å². The lowest BCUT2D eigenvalue weighted by molar-refractivity contribution is -0.136. The number of hydrogen-bond donors (Lipinski definition) is 4. The van der Waals surface area contributed by atoms with Crippen LogP contribution in [-0.4, -0.2) is 58.0 Å². The van der Waals surface area contributed by atoms with E-state index in [9.17, 15) is 19.5 Å². The van der Waals surface area contributed by atoms with Crippen LogP contribution in [-0.2, 0) is 22.6 Å². The molecule has 1 saturated heterocycles. The summed E-state index contributed by atoms with van der Waals surface area (Å²) in [5, 5.41) is 13.4. The van der Waals surface area contributed by atoms with Gasteiger partial charge in [0.1, 0.15) is 18.4 Å². The number of nitrogens with two attached hydrogens (primary N) is 2. The van der Waals surface area contributed by atoms with E-state index in [4.69, 9.17) is 16.3 Å². The molecular weight excluding hydrogens is 450 g/mol. The molecule has 0 bridgehead atoms. The molecule has 0 spiro atoms. The fourth-order valence-electron chi connectivity index (χ4n) is 4.34. The summed E-state index contributed by atoms with van der Waals surface area (Å²) < 4.78 is 5.90. The molecule has 0 aromatic heterocycles. The van der Waals surface area contributed by atoms with Crippen LogP contribution in [0, 0.1) is 0 Å². The summed E-state index contributed by atoms with van der Waals surface area (Å²) >= 11 is 0. The second-order valence-corrected chi connectivity index (χ2v) is 8.65. The Morgan fingerprint density at radius 1 is 1.20 bits per heavy atom. The first-order valence-corrected chi connectivity index (χ1v) is 11.4. The quantitative estimate of drug-likeness (QED) is 0.229. The van der Waals surface area contributed by atoms with Gasteiger partial charge in [0.15, 0.2) is 0 Å². The Labute approximate surface area is 203 Å². The molecule has 1 fully saturated rings. The van der Waals surface area contributed by atoms with Crippen molar-refractivity contribution in [3.63, 3.8) is 0 Å². The molecule has 2 aliphatic heterocycles. The number of amides is 3. The number of ether oxygens (including phenoxy) is 1. The normalized spacial score (nSPS) is 18.8. The maximum Gasteiger partial charge on any atom is 0.255 e. The molecule has 2 aromatic carbocycles. The fourth-order valence-corrected chi connectivity index (χ4v) is 4.34. The van der Waals surface area contributed by atoms with Gasteiger partial charge in [0.05, 0.1) is 24.9 Å². The van der Waals surface area contributed by atoms with E-state index in [-0.39, 0.29) is 50.5 Å². The van der Waals surface area contributed by atoms with Crippen molar-refractivity contribution in [1.82, 2.24) is 15.2 Å². The zero-order chi connectivity index (χ0) is 24.9. The van der Waals surface area contributed by atoms with Gasteiger partial charge in [-0.1, -0.05) is 36.4 Å². The molecule has 4 rings (SSSR count). The highest BCUT2D eigenvalue weighted by Gasteiger charge is 2.40. The number of aliphatic hydroxyl groups is 1. The van der Waals surface area contributed by atoms with Crippen LogP contribution < -0.4 is 21.6 Å². The van der Waals surface area contributed by atoms with Crippen molar-refractivity contribution < 1.29 is 24.2 Å². The SMILES string of the molecule is N/C(=C\N(N)[C@@H](CO)Cc1ccccc1)COc1cccc2c1CN(C1CCC(=O)NC1=O)C2=O. The molecular formula is C25H29N5O5. The van der Waals surface area contributed by atoms with Gasteiger partial charge in [-0.3, -0.25) is 19.7 Å². The van der Waals surface area contributed by atoms with Crippen molar-refractivity contribution >= 4 is 17.7 Å². The summed E-state index contributed by atoms with van der Waals surface area (Å²) in [6.45, 7) is 0.0632. The lowest BCUT2D eigenvalue weighted by atomic mass is 10.0. The molecule has 6 N–H and O–H groups in total. The van der Waals surface area contributed by atoms with Crippen molar-refractivity contribution in [1.29, 1.82) is 0 Å². The van der Waals surface area contributed by atoms with Gasteiger partial charge < -0.3 is 25.5 Å². The van der Waals surface area contributed by atoms with Crippen LogP contribution in [0.25, 0.3) is 0 Å². The van der Waals surface area contributed by atoms with Crippen molar-refractivity contribution in [3.05, 3.63) is 77.1 Å². The number of aliphatic hydroxyl groups excluding tert-OH is 1. The van der Waals surface area contributed by atoms with Gasteiger partial charge in [0.25, 0.3) is 5.91 Å². The minimum atomic E-state index is -0.698. The summed E-state index contributed by atoms with van der Waals surface area (Å²) in [6.07, 6.45) is 2.55. The summed E-state index contributed by atoms with van der Waals surface area (Å²) in [5.41, 5.74) is 8.62. The third kappa shape index (κ3) is 5.44. The summed E-state index contributed by atoms with van der Waals surface area (Å²) in [5.74, 6) is 5.54. The molecule has 0 radical (unpaired) electrons. The van der Waals surface area contributed by atoms with Crippen LogP contribution in [0.1, 0.15) is 34.3 Å². The van der Waals surface area contributed by atoms with Gasteiger partial charge in [-0.2, -0.15) is 0 Å². The Hall–Kier alpha value is -3.89. The number of carbonyl (C=O) groups is 3. The van der Waals surface area contributed by atoms with Gasteiger partial charge in [0.2, 0.25) is 11.8 Å². The Morgan fingerprint density at radius 2 is 1.97 bits per heavy atom. The number of hydrogen-bond acceptors (Lipinski definition) is 8. The molecule has 0 aliphatic carbocycles. The highest BCUT2D eigenvalue weighted by Crippen LogP contribution is 2.33. The van der Waals surface area contributed by atoms with Crippen LogP contribution in [0.2, 0.25) is 0 Å². The smallest absolute Gasteiger partial charge is 0.255 e. The van der Waals surface area contributed by atoms with Gasteiger partial charge >= 0.3 is 0 Å². The number of rotatable bonds is 9. The van der Waals surface area contributed by atoms with E-state index in [0.29, 0.717) is 29.0 Å². The maximum atomic E-state index is 12.9. The second kappa shape index (κ2) is 10.6. The second-order valence-electron chi connectivity index (χ2n) is 8.65. The summed E-state index contributed by atoms with van der Waals surface area (Å²) in [4.78, 5) is 38.1. The van der Waals surface area contributed by atoms with E-state index in [1.54, 1.807) is 18.2 Å². The molecule has 2 aliphatic rings. The molecule has 35 heavy (non-hydrogen) atoms. The molecule has 3 amide bonds. The fraction of sp³-hybridized carbons (Fsp3) is 0.320. The highest BCUT2D eigenvalue weighted by atomic mass is 16.5. The predicted octanol–water partition coefficient (Wildman–Crippen LogP) is 0.406. The van der Waals surface area contributed by atoms with Gasteiger partial charge in [-0.25, -0.2) is 5.84 Å². The molecule has 1 unspecified atom stereocenters. The average molecular weight is 480 g/mol. The minimum Gasteiger partial charge on any atom is -0.487 e. The molecule has 184 valence electrons. The van der Waals surface area contributed by atoms with E-state index in [2.05, 4.69) is 5.32 Å². The topological polar surface area (TPSA) is 151 Å². The molecule has 10 nitrogen and oxygen atoms in total. The molecule has 2 atom stereocenters. The van der Waals surface area contributed by atoms with Crippen molar-refractivity contribution in [2.75, 3.05) is 13.2 Å². The third-order valence-electron chi connectivity index (χ3n) is 6.19. The van der Waals surface area contributed by atoms with Crippen molar-refractivity contribution in [2.45, 2.75) is 37.9 Å². The van der Waals surface area contributed by atoms with E-state index in [0.717, 1.165) is 5.56 Å². The molecule has 2 aromatic rings.